The molecule has 2 heterocycles. The molecule has 1 saturated heterocycles. The third kappa shape index (κ3) is 3.59. The summed E-state index contributed by atoms with van der Waals surface area (Å²) in [5, 5.41) is 68.9. The van der Waals surface area contributed by atoms with Crippen molar-refractivity contribution in [2.24, 2.45) is 0 Å². The third-order valence-electron chi connectivity index (χ3n) is 4.85. The van der Waals surface area contributed by atoms with Gasteiger partial charge in [0.15, 0.2) is 17.3 Å². The maximum absolute atomic E-state index is 12.5. The molecule has 0 aliphatic carbocycles. The molecule has 11 nitrogen and oxygen atoms in total. The fraction of sp³-hybridized carbons (Fsp3) is 0.250. The number of hydrogen-bond acceptors (Lipinski definition) is 11. The van der Waals surface area contributed by atoms with E-state index in [1.165, 1.54) is 12.1 Å². The molecule has 1 aliphatic rings. The average molecular weight is 434 g/mol. The lowest BCUT2D eigenvalue weighted by Crippen LogP contribution is -2.54. The van der Waals surface area contributed by atoms with Gasteiger partial charge in [-0.2, -0.15) is 0 Å². The maximum Gasteiger partial charge on any atom is 0.238 e. The Morgan fingerprint density at radius 2 is 1.68 bits per heavy atom. The lowest BCUT2D eigenvalue weighted by molar-refractivity contribution is -0.242. The van der Waals surface area contributed by atoms with Crippen molar-refractivity contribution in [1.29, 1.82) is 0 Å². The van der Waals surface area contributed by atoms with Gasteiger partial charge in [0.05, 0.1) is 6.61 Å². The van der Waals surface area contributed by atoms with E-state index in [1.54, 1.807) is 0 Å². The summed E-state index contributed by atoms with van der Waals surface area (Å²) in [5.41, 5.74) is -1.08. The van der Waals surface area contributed by atoms with Crippen molar-refractivity contribution in [2.75, 3.05) is 6.61 Å². The number of hydrogen-bond donors (Lipinski definition) is 7. The highest BCUT2D eigenvalue weighted by molar-refractivity contribution is 5.88. The number of aromatic hydroxyl groups is 4. The first-order valence-electron chi connectivity index (χ1n) is 9.05. The smallest absolute Gasteiger partial charge is 0.238 e. The monoisotopic (exact) mass is 434 g/mol. The molecule has 4 unspecified atom stereocenters. The minimum absolute atomic E-state index is 0.0676. The second kappa shape index (κ2) is 7.63. The zero-order chi connectivity index (χ0) is 22.4. The minimum atomic E-state index is -1.62. The van der Waals surface area contributed by atoms with Crippen LogP contribution in [0.15, 0.2) is 39.5 Å². The van der Waals surface area contributed by atoms with Crippen LogP contribution in [0.1, 0.15) is 0 Å². The van der Waals surface area contributed by atoms with Crippen molar-refractivity contribution < 1.29 is 49.6 Å². The molecule has 4 rings (SSSR count). The number of fused-ring (bicyclic) bond motifs is 1. The zero-order valence-corrected chi connectivity index (χ0v) is 15.7. The number of phenols is 3. The van der Waals surface area contributed by atoms with Crippen LogP contribution in [-0.2, 0) is 4.74 Å². The van der Waals surface area contributed by atoms with Gasteiger partial charge in [0, 0.05) is 17.7 Å². The first-order valence-corrected chi connectivity index (χ1v) is 9.05. The summed E-state index contributed by atoms with van der Waals surface area (Å²) in [6, 6.07) is 5.64. The van der Waals surface area contributed by atoms with Crippen LogP contribution in [0.3, 0.4) is 0 Å². The van der Waals surface area contributed by atoms with E-state index in [0.29, 0.717) is 0 Å². The molecule has 0 bridgehead atoms. The van der Waals surface area contributed by atoms with Gasteiger partial charge in [-0.15, -0.1) is 0 Å². The summed E-state index contributed by atoms with van der Waals surface area (Å²) in [7, 11) is 0. The van der Waals surface area contributed by atoms with Crippen LogP contribution in [0.4, 0.5) is 0 Å². The molecule has 0 amide bonds. The Labute approximate surface area is 173 Å². The van der Waals surface area contributed by atoms with E-state index in [1.807, 2.05) is 0 Å². The van der Waals surface area contributed by atoms with Gasteiger partial charge < -0.3 is 49.6 Å². The molecular weight excluding hydrogens is 416 g/mol. The Hall–Kier alpha value is -3.51. The quantitative estimate of drug-likeness (QED) is 0.296. The largest absolute Gasteiger partial charge is 0.508 e. The van der Waals surface area contributed by atoms with Gasteiger partial charge in [-0.1, -0.05) is 0 Å². The SMILES string of the molecule is O=c1c(O)c(-c2ccc(O)c(OC3OCC(O)C(O)C3O)c2)oc2cc(O)cc(O)c12. The Kier molecular flexibility index (Phi) is 5.11. The fourth-order valence-corrected chi connectivity index (χ4v) is 3.23. The van der Waals surface area contributed by atoms with Gasteiger partial charge in [0.2, 0.25) is 17.5 Å². The van der Waals surface area contributed by atoms with Gasteiger partial charge in [-0.05, 0) is 18.2 Å². The summed E-state index contributed by atoms with van der Waals surface area (Å²) in [5.74, 6) is -2.76. The Balaban J connectivity index is 1.76. The van der Waals surface area contributed by atoms with Crippen LogP contribution < -0.4 is 10.2 Å². The molecule has 0 spiro atoms. The van der Waals surface area contributed by atoms with Crippen molar-refractivity contribution in [2.45, 2.75) is 24.6 Å². The molecule has 11 heteroatoms. The summed E-state index contributed by atoms with van der Waals surface area (Å²) in [4.78, 5) is 12.5. The maximum atomic E-state index is 12.5. The molecule has 1 aliphatic heterocycles. The van der Waals surface area contributed by atoms with Crippen LogP contribution >= 0.6 is 0 Å². The number of ether oxygens (including phenoxy) is 2. The summed E-state index contributed by atoms with van der Waals surface area (Å²) in [6.07, 6.45) is -5.89. The van der Waals surface area contributed by atoms with Crippen molar-refractivity contribution in [3.8, 4) is 40.1 Å². The number of phenolic OH excluding ortho intramolecular Hbond substituents is 3. The normalized spacial score (nSPS) is 23.7. The van der Waals surface area contributed by atoms with Gasteiger partial charge in [0.25, 0.3) is 0 Å². The van der Waals surface area contributed by atoms with Crippen molar-refractivity contribution >= 4 is 11.0 Å². The standard InChI is InChI=1S/C20H18O11/c21-8-4-10(23)14-13(5-8)30-19(17(27)16(14)26)7-1-2-9(22)12(3-7)31-20-18(28)15(25)11(24)6-29-20/h1-5,11,15,18,20-25,27-28H,6H2. The van der Waals surface area contributed by atoms with E-state index >= 15 is 0 Å². The van der Waals surface area contributed by atoms with Crippen LogP contribution in [-0.4, -0.2) is 67.0 Å². The van der Waals surface area contributed by atoms with Crippen LogP contribution in [0, 0.1) is 0 Å². The van der Waals surface area contributed by atoms with Crippen LogP contribution in [0.2, 0.25) is 0 Å². The van der Waals surface area contributed by atoms with E-state index in [9.17, 15) is 40.5 Å². The molecule has 7 N–H and O–H groups in total. The van der Waals surface area contributed by atoms with Crippen LogP contribution in [0.5, 0.6) is 28.7 Å². The van der Waals surface area contributed by atoms with Crippen molar-refractivity contribution in [1.82, 2.24) is 0 Å². The minimum Gasteiger partial charge on any atom is -0.508 e. The van der Waals surface area contributed by atoms with E-state index in [2.05, 4.69) is 0 Å². The van der Waals surface area contributed by atoms with Gasteiger partial charge in [0.1, 0.15) is 40.8 Å². The van der Waals surface area contributed by atoms with E-state index in [-0.39, 0.29) is 40.4 Å². The lowest BCUT2D eigenvalue weighted by atomic mass is 10.1. The molecule has 2 aromatic carbocycles. The van der Waals surface area contributed by atoms with Crippen LogP contribution in [0.25, 0.3) is 22.3 Å². The molecule has 31 heavy (non-hydrogen) atoms. The predicted molar refractivity (Wildman–Crippen MR) is 103 cm³/mol. The lowest BCUT2D eigenvalue weighted by Gasteiger charge is -2.35. The predicted octanol–water partition coefficient (Wildman–Crippen LogP) is 0.100. The highest BCUT2D eigenvalue weighted by atomic mass is 16.7. The molecule has 0 radical (unpaired) electrons. The highest BCUT2D eigenvalue weighted by Gasteiger charge is 2.39. The molecule has 4 atom stereocenters. The van der Waals surface area contributed by atoms with Crippen molar-refractivity contribution in [3.63, 3.8) is 0 Å². The zero-order valence-electron chi connectivity index (χ0n) is 15.7. The van der Waals surface area contributed by atoms with E-state index < -0.39 is 47.3 Å². The van der Waals surface area contributed by atoms with E-state index in [0.717, 1.165) is 18.2 Å². The molecule has 164 valence electrons. The molecule has 3 aromatic rings. The summed E-state index contributed by atoms with van der Waals surface area (Å²) in [6.45, 7) is -0.323. The Bertz CT molecular complexity index is 1200. The molecule has 1 fully saturated rings. The molecule has 1 aromatic heterocycles. The molecular formula is C20H18O11. The number of aliphatic hydroxyl groups is 3. The fourth-order valence-electron chi connectivity index (χ4n) is 3.23. The topological polar surface area (TPSA) is 190 Å². The van der Waals surface area contributed by atoms with E-state index in [4.69, 9.17) is 13.9 Å². The van der Waals surface area contributed by atoms with Gasteiger partial charge >= 0.3 is 0 Å². The Morgan fingerprint density at radius 3 is 2.42 bits per heavy atom. The third-order valence-corrected chi connectivity index (χ3v) is 4.85. The van der Waals surface area contributed by atoms with Crippen molar-refractivity contribution in [3.05, 3.63) is 40.6 Å². The number of benzene rings is 2. The second-order valence-corrected chi connectivity index (χ2v) is 7.00. The summed E-state index contributed by atoms with van der Waals surface area (Å²) < 4.78 is 16.0. The summed E-state index contributed by atoms with van der Waals surface area (Å²) >= 11 is 0. The first-order chi connectivity index (χ1) is 14.7. The Morgan fingerprint density at radius 1 is 0.935 bits per heavy atom. The van der Waals surface area contributed by atoms with Gasteiger partial charge in [-0.3, -0.25) is 4.79 Å². The van der Waals surface area contributed by atoms with Gasteiger partial charge in [-0.25, -0.2) is 0 Å². The second-order valence-electron chi connectivity index (χ2n) is 7.00. The number of rotatable bonds is 3. The highest BCUT2D eigenvalue weighted by Crippen LogP contribution is 2.38. The first kappa shape index (κ1) is 20.8. The average Bonchev–Trinajstić information content (AvgIpc) is 2.72. The number of aliphatic hydroxyl groups excluding tert-OH is 3. The molecule has 0 saturated carbocycles.